The number of halogens is 3. The van der Waals surface area contributed by atoms with E-state index in [0.29, 0.717) is 102 Å². The first-order valence-electron chi connectivity index (χ1n) is 18.8. The lowest BCUT2D eigenvalue weighted by Gasteiger charge is -2.35. The summed E-state index contributed by atoms with van der Waals surface area (Å²) >= 11 is 0. The number of amides is 1. The first-order chi connectivity index (χ1) is 26.7. The van der Waals surface area contributed by atoms with E-state index in [4.69, 9.17) is 24.7 Å². The molecule has 3 aromatic carbocycles. The van der Waals surface area contributed by atoms with Crippen LogP contribution in [0.15, 0.2) is 54.6 Å². The normalized spacial score (nSPS) is 14.8. The van der Waals surface area contributed by atoms with E-state index in [-0.39, 0.29) is 35.0 Å². The van der Waals surface area contributed by atoms with Gasteiger partial charge in [0.15, 0.2) is 17.4 Å². The van der Waals surface area contributed by atoms with Gasteiger partial charge in [0.25, 0.3) is 0 Å². The number of hydrogen-bond acceptors (Lipinski definition) is 10. The number of para-hydroxylation sites is 2. The Hall–Kier alpha value is -5.57. The number of nitrogens with zero attached hydrogens (tertiary/aromatic N) is 8. The summed E-state index contributed by atoms with van der Waals surface area (Å²) in [5.74, 6) is -0.903. The van der Waals surface area contributed by atoms with Crippen molar-refractivity contribution in [2.45, 2.75) is 52.4 Å². The maximum atomic E-state index is 14.8. The molecular weight excluding hydrogens is 711 g/mol. The number of piperazine rings is 1. The van der Waals surface area contributed by atoms with Gasteiger partial charge in [-0.15, -0.1) is 0 Å². The Morgan fingerprint density at radius 1 is 0.727 bits per heavy atom. The Morgan fingerprint density at radius 3 is 2.13 bits per heavy atom. The zero-order valence-electron chi connectivity index (χ0n) is 31.0. The number of benzene rings is 3. The highest BCUT2D eigenvalue weighted by Crippen LogP contribution is 2.30. The number of rotatable bonds is 13. The van der Waals surface area contributed by atoms with Crippen molar-refractivity contribution in [1.82, 2.24) is 29.4 Å². The minimum absolute atomic E-state index is 0.0377. The van der Waals surface area contributed by atoms with E-state index >= 15 is 0 Å². The number of carbonyl (C=O) groups excluding carboxylic acids is 2. The number of carbonyl (C=O) groups is 2. The molecule has 2 aliphatic heterocycles. The smallest absolute Gasteiger partial charge is 0.242 e. The molecule has 2 aliphatic rings. The Bertz CT molecular complexity index is 2180. The number of anilines is 4. The van der Waals surface area contributed by atoms with Gasteiger partial charge < -0.3 is 24.8 Å². The van der Waals surface area contributed by atoms with Crippen LogP contribution in [0.25, 0.3) is 17.0 Å². The second-order valence-corrected chi connectivity index (χ2v) is 13.9. The summed E-state index contributed by atoms with van der Waals surface area (Å²) in [6.07, 6.45) is 3.08. The van der Waals surface area contributed by atoms with Crippen LogP contribution in [0, 0.1) is 31.3 Å². The number of ketones is 1. The third-order valence-corrected chi connectivity index (χ3v) is 10.1. The number of morpholine rings is 1. The highest BCUT2D eigenvalue weighted by molar-refractivity contribution is 6.02. The molecule has 12 nitrogen and oxygen atoms in total. The van der Waals surface area contributed by atoms with Crippen molar-refractivity contribution < 1.29 is 27.5 Å². The molecule has 0 saturated carbocycles. The van der Waals surface area contributed by atoms with E-state index < -0.39 is 17.5 Å². The molecular formula is C40H44F3N9O3. The summed E-state index contributed by atoms with van der Waals surface area (Å²) in [5.41, 5.74) is 1.97. The molecule has 0 unspecified atom stereocenters. The fourth-order valence-corrected chi connectivity index (χ4v) is 7.01. The first kappa shape index (κ1) is 37.7. The van der Waals surface area contributed by atoms with Crippen LogP contribution >= 0.6 is 0 Å². The van der Waals surface area contributed by atoms with Crippen molar-refractivity contribution >= 4 is 46.0 Å². The van der Waals surface area contributed by atoms with Crippen molar-refractivity contribution in [2.75, 3.05) is 67.6 Å². The second-order valence-electron chi connectivity index (χ2n) is 13.9. The molecule has 1 amide bonds. The molecule has 7 rings (SSSR count). The van der Waals surface area contributed by atoms with Gasteiger partial charge in [0.2, 0.25) is 23.8 Å². The Morgan fingerprint density at radius 2 is 1.40 bits per heavy atom. The first-order valence-corrected chi connectivity index (χ1v) is 18.8. The fraction of sp³-hybridized carbons (Fsp3) is 0.400. The molecule has 55 heavy (non-hydrogen) atoms. The summed E-state index contributed by atoms with van der Waals surface area (Å²) in [6.45, 7) is 8.39. The molecule has 4 heterocycles. The van der Waals surface area contributed by atoms with Gasteiger partial charge in [-0.05, 0) is 68.7 Å². The number of fused-ring (bicyclic) bond motifs is 1. The topological polar surface area (TPSA) is 122 Å². The minimum atomic E-state index is -1.24. The molecule has 2 fully saturated rings. The summed E-state index contributed by atoms with van der Waals surface area (Å²) in [7, 11) is 0. The Labute approximate surface area is 317 Å². The van der Waals surface area contributed by atoms with Crippen LogP contribution in [-0.2, 0) is 9.53 Å². The standard InChI is InChI=1S/C40H44F3N9O3/c1-26-13-16-31(30(42)25-26)45-37-28(14-15-29(41)36(37)43)34(53)11-5-3-4-6-12-35(54)49-17-19-50(20-18-49)38-46-39(51-21-23-55-24-22-51)48-40(47-38)52-27(2)44-32-9-7-8-10-33(32)52/h7-10,13-16,25,45H,3-6,11-12,17-24H2,1-2H3. The van der Waals surface area contributed by atoms with E-state index in [1.54, 1.807) is 13.0 Å². The molecule has 0 spiro atoms. The third-order valence-electron chi connectivity index (χ3n) is 10.1. The van der Waals surface area contributed by atoms with Gasteiger partial charge in [0.1, 0.15) is 11.6 Å². The number of aryl methyl sites for hydroxylation is 2. The molecule has 0 radical (unpaired) electrons. The molecule has 288 valence electrons. The lowest BCUT2D eigenvalue weighted by Crippen LogP contribution is -2.49. The van der Waals surface area contributed by atoms with Gasteiger partial charge in [-0.25, -0.2) is 18.2 Å². The highest BCUT2D eigenvalue weighted by Gasteiger charge is 2.26. The van der Waals surface area contributed by atoms with Gasteiger partial charge >= 0.3 is 0 Å². The zero-order chi connectivity index (χ0) is 38.5. The van der Waals surface area contributed by atoms with E-state index in [1.807, 2.05) is 40.7 Å². The maximum Gasteiger partial charge on any atom is 0.242 e. The predicted octanol–water partition coefficient (Wildman–Crippen LogP) is 6.70. The average Bonchev–Trinajstić information content (AvgIpc) is 3.54. The number of imidazole rings is 1. The van der Waals surface area contributed by atoms with Crippen LogP contribution in [0.4, 0.5) is 36.4 Å². The van der Waals surface area contributed by atoms with Crippen molar-refractivity contribution in [2.24, 2.45) is 0 Å². The molecule has 0 aliphatic carbocycles. The van der Waals surface area contributed by atoms with E-state index in [9.17, 15) is 22.8 Å². The van der Waals surface area contributed by atoms with Crippen LogP contribution in [0.3, 0.4) is 0 Å². The molecule has 1 N–H and O–H groups in total. The molecule has 2 aromatic heterocycles. The van der Waals surface area contributed by atoms with Gasteiger partial charge in [-0.1, -0.05) is 31.0 Å². The molecule has 0 atom stereocenters. The summed E-state index contributed by atoms with van der Waals surface area (Å²) < 4.78 is 50.9. The number of hydrogen-bond donors (Lipinski definition) is 1. The summed E-state index contributed by atoms with van der Waals surface area (Å²) in [5, 5.41) is 2.58. The molecule has 2 saturated heterocycles. The molecule has 5 aromatic rings. The van der Waals surface area contributed by atoms with Crippen LogP contribution < -0.4 is 15.1 Å². The number of nitrogens with one attached hydrogen (secondary N) is 1. The SMILES string of the molecule is Cc1ccc(Nc2c(C(=O)CCCCCCC(=O)N3CCN(c4nc(N5CCOCC5)nc(-n5c(C)nc6ccccc65)n4)CC3)ccc(F)c2F)c(F)c1. The van der Waals surface area contributed by atoms with Crippen LogP contribution in [0.5, 0.6) is 0 Å². The average molecular weight is 756 g/mol. The summed E-state index contributed by atoms with van der Waals surface area (Å²) in [4.78, 5) is 51.7. The van der Waals surface area contributed by atoms with Gasteiger partial charge in [-0.3, -0.25) is 14.2 Å². The second kappa shape index (κ2) is 16.8. The van der Waals surface area contributed by atoms with E-state index in [2.05, 4.69) is 15.1 Å². The van der Waals surface area contributed by atoms with Crippen LogP contribution in [-0.4, -0.2) is 93.6 Å². The van der Waals surface area contributed by atoms with E-state index in [1.165, 1.54) is 18.2 Å². The monoisotopic (exact) mass is 755 g/mol. The zero-order valence-corrected chi connectivity index (χ0v) is 31.0. The van der Waals surface area contributed by atoms with Crippen molar-refractivity contribution in [3.8, 4) is 5.95 Å². The van der Waals surface area contributed by atoms with Crippen molar-refractivity contribution in [3.63, 3.8) is 0 Å². The predicted molar refractivity (Wildman–Crippen MR) is 204 cm³/mol. The van der Waals surface area contributed by atoms with Gasteiger partial charge in [0.05, 0.1) is 35.6 Å². The van der Waals surface area contributed by atoms with Crippen LogP contribution in [0.1, 0.15) is 60.3 Å². The van der Waals surface area contributed by atoms with Crippen LogP contribution in [0.2, 0.25) is 0 Å². The van der Waals surface area contributed by atoms with Crippen molar-refractivity contribution in [3.05, 3.63) is 89.0 Å². The van der Waals surface area contributed by atoms with Gasteiger partial charge in [-0.2, -0.15) is 15.0 Å². The largest absolute Gasteiger partial charge is 0.378 e. The summed E-state index contributed by atoms with van der Waals surface area (Å²) in [6, 6.07) is 14.3. The number of unbranched alkanes of at least 4 members (excludes halogenated alkanes) is 3. The third kappa shape index (κ3) is 8.56. The number of ether oxygens (including phenoxy) is 1. The minimum Gasteiger partial charge on any atom is -0.378 e. The Balaban J connectivity index is 0.908. The lowest BCUT2D eigenvalue weighted by molar-refractivity contribution is -0.131. The Kier molecular flexibility index (Phi) is 11.6. The maximum absolute atomic E-state index is 14.8. The van der Waals surface area contributed by atoms with E-state index in [0.717, 1.165) is 29.3 Å². The lowest BCUT2D eigenvalue weighted by atomic mass is 10.0. The van der Waals surface area contributed by atoms with Crippen molar-refractivity contribution in [1.29, 1.82) is 0 Å². The van der Waals surface area contributed by atoms with Gasteiger partial charge in [0, 0.05) is 57.7 Å². The number of Topliss-reactive ketones (excluding diaryl/α,β-unsaturated/α-hetero) is 1. The highest BCUT2D eigenvalue weighted by atomic mass is 19.2. The number of aromatic nitrogens is 5. The fourth-order valence-electron chi connectivity index (χ4n) is 7.01. The molecule has 15 heteroatoms. The quantitative estimate of drug-likeness (QED) is 0.103. The molecule has 0 bridgehead atoms.